The number of benzene rings is 1. The minimum absolute atomic E-state index is 0.458. The van der Waals surface area contributed by atoms with Crippen LogP contribution >= 0.6 is 11.6 Å². The first-order chi connectivity index (χ1) is 9.72. The first-order valence-electron chi connectivity index (χ1n) is 6.40. The molecule has 1 aromatic carbocycles. The number of rotatable bonds is 10. The van der Waals surface area contributed by atoms with Gasteiger partial charge in [0.1, 0.15) is 6.61 Å². The largest absolute Gasteiger partial charge is 0.493 e. The zero-order valence-corrected chi connectivity index (χ0v) is 13.0. The van der Waals surface area contributed by atoms with E-state index in [9.17, 15) is 0 Å². The lowest BCUT2D eigenvalue weighted by molar-refractivity contribution is 0.143. The van der Waals surface area contributed by atoms with E-state index in [1.165, 1.54) is 0 Å². The van der Waals surface area contributed by atoms with E-state index in [-0.39, 0.29) is 0 Å². The van der Waals surface area contributed by atoms with Crippen molar-refractivity contribution in [2.75, 3.05) is 47.7 Å². The molecule has 1 N–H and O–H groups in total. The lowest BCUT2D eigenvalue weighted by atomic mass is 10.2. The summed E-state index contributed by atoms with van der Waals surface area (Å²) in [5.41, 5.74) is 0.946. The van der Waals surface area contributed by atoms with Crippen LogP contribution in [0.1, 0.15) is 5.56 Å². The number of nitrogens with one attached hydrogen (secondary N) is 1. The number of hydrogen-bond acceptors (Lipinski definition) is 5. The average molecular weight is 304 g/mol. The molecule has 0 unspecified atom stereocenters. The van der Waals surface area contributed by atoms with Crippen LogP contribution < -0.4 is 14.8 Å². The highest BCUT2D eigenvalue weighted by atomic mass is 35.5. The summed E-state index contributed by atoms with van der Waals surface area (Å²) in [5.74, 6) is 1.32. The number of hydrogen-bond donors (Lipinski definition) is 1. The smallest absolute Gasteiger partial charge is 0.165 e. The van der Waals surface area contributed by atoms with Crippen molar-refractivity contribution in [1.29, 1.82) is 0 Å². The van der Waals surface area contributed by atoms with Crippen molar-refractivity contribution in [3.63, 3.8) is 0 Å². The van der Waals surface area contributed by atoms with E-state index in [1.807, 2.05) is 6.07 Å². The molecule has 0 amide bonds. The van der Waals surface area contributed by atoms with Gasteiger partial charge < -0.3 is 24.3 Å². The highest BCUT2D eigenvalue weighted by molar-refractivity contribution is 6.30. The molecule has 0 aliphatic rings. The van der Waals surface area contributed by atoms with Crippen molar-refractivity contribution in [3.05, 3.63) is 22.7 Å². The third-order valence-electron chi connectivity index (χ3n) is 2.65. The molecule has 0 saturated heterocycles. The van der Waals surface area contributed by atoms with Crippen molar-refractivity contribution in [3.8, 4) is 11.5 Å². The molecule has 6 heteroatoms. The van der Waals surface area contributed by atoms with Gasteiger partial charge in [-0.1, -0.05) is 11.6 Å². The maximum absolute atomic E-state index is 6.09. The van der Waals surface area contributed by atoms with Gasteiger partial charge in [-0.2, -0.15) is 0 Å². The van der Waals surface area contributed by atoms with Gasteiger partial charge in [0.15, 0.2) is 11.5 Å². The standard InChI is InChI=1S/C14H22ClNO4/c1-17-5-4-16-10-11-8-12(15)9-13(19-3)14(11)20-7-6-18-2/h8-9,16H,4-7,10H2,1-3H3. The molecule has 0 bridgehead atoms. The molecule has 0 radical (unpaired) electrons. The minimum Gasteiger partial charge on any atom is -0.493 e. The topological polar surface area (TPSA) is 49.0 Å². The maximum Gasteiger partial charge on any atom is 0.165 e. The fourth-order valence-electron chi connectivity index (χ4n) is 1.69. The normalized spacial score (nSPS) is 10.6. The molecule has 0 fully saturated rings. The predicted molar refractivity (Wildman–Crippen MR) is 79.0 cm³/mol. The number of methoxy groups -OCH3 is 3. The Hall–Kier alpha value is -1.01. The van der Waals surface area contributed by atoms with Crippen molar-refractivity contribution in [1.82, 2.24) is 5.32 Å². The second-order valence-corrected chi connectivity index (χ2v) is 4.54. The Bertz CT molecular complexity index is 401. The molecule has 5 nitrogen and oxygen atoms in total. The Morgan fingerprint density at radius 1 is 1.05 bits per heavy atom. The lowest BCUT2D eigenvalue weighted by Gasteiger charge is -2.16. The van der Waals surface area contributed by atoms with Gasteiger partial charge in [0, 0.05) is 44.0 Å². The molecule has 0 aromatic heterocycles. The Morgan fingerprint density at radius 2 is 1.80 bits per heavy atom. The van der Waals surface area contributed by atoms with Gasteiger partial charge in [-0.25, -0.2) is 0 Å². The average Bonchev–Trinajstić information content (AvgIpc) is 2.45. The molecule has 20 heavy (non-hydrogen) atoms. The molecule has 0 atom stereocenters. The van der Waals surface area contributed by atoms with Gasteiger partial charge in [0.25, 0.3) is 0 Å². The van der Waals surface area contributed by atoms with Crippen LogP contribution in [-0.4, -0.2) is 47.7 Å². The second-order valence-electron chi connectivity index (χ2n) is 4.11. The maximum atomic E-state index is 6.09. The van der Waals surface area contributed by atoms with E-state index in [0.717, 1.165) is 12.1 Å². The Labute approximate surface area is 125 Å². The molecule has 1 aromatic rings. The summed E-state index contributed by atoms with van der Waals surface area (Å²) < 4.78 is 21.0. The SMILES string of the molecule is COCCNCc1cc(Cl)cc(OC)c1OCCOC. The third-order valence-corrected chi connectivity index (χ3v) is 2.87. The van der Waals surface area contributed by atoms with Crippen LogP contribution in [0.15, 0.2) is 12.1 Å². The monoisotopic (exact) mass is 303 g/mol. The van der Waals surface area contributed by atoms with Crippen molar-refractivity contribution in [2.24, 2.45) is 0 Å². The molecule has 0 spiro atoms. The summed E-state index contributed by atoms with van der Waals surface area (Å²) in [6.45, 7) is 3.00. The van der Waals surface area contributed by atoms with Gasteiger partial charge in [-0.15, -0.1) is 0 Å². The molecular formula is C14H22ClNO4. The van der Waals surface area contributed by atoms with Crippen LogP contribution in [0.2, 0.25) is 5.02 Å². The summed E-state index contributed by atoms with van der Waals surface area (Å²) in [7, 11) is 4.90. The van der Waals surface area contributed by atoms with Crippen LogP contribution in [0.4, 0.5) is 0 Å². The van der Waals surface area contributed by atoms with Gasteiger partial charge in [-0.05, 0) is 6.07 Å². The molecule has 1 rings (SSSR count). The summed E-state index contributed by atoms with van der Waals surface area (Å²) in [6.07, 6.45) is 0. The molecule has 0 heterocycles. The van der Waals surface area contributed by atoms with Crippen LogP contribution in [0.25, 0.3) is 0 Å². The van der Waals surface area contributed by atoms with Gasteiger partial charge in [0.2, 0.25) is 0 Å². The van der Waals surface area contributed by atoms with Crippen LogP contribution in [-0.2, 0) is 16.0 Å². The Kier molecular flexibility index (Phi) is 8.37. The molecule has 0 saturated carbocycles. The van der Waals surface area contributed by atoms with E-state index in [0.29, 0.717) is 42.9 Å². The zero-order valence-electron chi connectivity index (χ0n) is 12.2. The summed E-state index contributed by atoms with van der Waals surface area (Å²) >= 11 is 6.09. The molecule has 0 aliphatic heterocycles. The minimum atomic E-state index is 0.458. The Morgan fingerprint density at radius 3 is 2.45 bits per heavy atom. The quantitative estimate of drug-likeness (QED) is 0.671. The van der Waals surface area contributed by atoms with Crippen LogP contribution in [0.5, 0.6) is 11.5 Å². The lowest BCUT2D eigenvalue weighted by Crippen LogP contribution is -2.19. The van der Waals surface area contributed by atoms with Crippen molar-refractivity contribution >= 4 is 11.6 Å². The second kappa shape index (κ2) is 9.83. The summed E-state index contributed by atoms with van der Waals surface area (Å²) in [4.78, 5) is 0. The first-order valence-corrected chi connectivity index (χ1v) is 6.78. The van der Waals surface area contributed by atoms with Crippen LogP contribution in [0.3, 0.4) is 0 Å². The van der Waals surface area contributed by atoms with Crippen molar-refractivity contribution < 1.29 is 18.9 Å². The fourth-order valence-corrected chi connectivity index (χ4v) is 1.92. The van der Waals surface area contributed by atoms with E-state index in [4.69, 9.17) is 30.5 Å². The van der Waals surface area contributed by atoms with Crippen LogP contribution in [0, 0.1) is 0 Å². The van der Waals surface area contributed by atoms with Gasteiger partial charge in [-0.3, -0.25) is 0 Å². The highest BCUT2D eigenvalue weighted by Gasteiger charge is 2.12. The van der Waals surface area contributed by atoms with Crippen molar-refractivity contribution in [2.45, 2.75) is 6.54 Å². The van der Waals surface area contributed by atoms with Gasteiger partial charge in [0.05, 0.1) is 20.3 Å². The van der Waals surface area contributed by atoms with Gasteiger partial charge >= 0.3 is 0 Å². The summed E-state index contributed by atoms with van der Waals surface area (Å²) in [5, 5.41) is 3.88. The summed E-state index contributed by atoms with van der Waals surface area (Å²) in [6, 6.07) is 3.61. The molecule has 0 aliphatic carbocycles. The highest BCUT2D eigenvalue weighted by Crippen LogP contribution is 2.34. The van der Waals surface area contributed by atoms with E-state index in [1.54, 1.807) is 27.4 Å². The third kappa shape index (κ3) is 5.54. The van der Waals surface area contributed by atoms with E-state index < -0.39 is 0 Å². The zero-order chi connectivity index (χ0) is 14.8. The Balaban J connectivity index is 2.79. The predicted octanol–water partition coefficient (Wildman–Crippen LogP) is 2.11. The molecular weight excluding hydrogens is 282 g/mol. The number of ether oxygens (including phenoxy) is 4. The first kappa shape index (κ1) is 17.0. The number of halogens is 1. The van der Waals surface area contributed by atoms with E-state index >= 15 is 0 Å². The fraction of sp³-hybridized carbons (Fsp3) is 0.571. The van der Waals surface area contributed by atoms with E-state index in [2.05, 4.69) is 5.32 Å². The molecule has 114 valence electrons.